The summed E-state index contributed by atoms with van der Waals surface area (Å²) in [5.41, 5.74) is 1.12. The van der Waals surface area contributed by atoms with Gasteiger partial charge in [0.1, 0.15) is 6.04 Å². The summed E-state index contributed by atoms with van der Waals surface area (Å²) in [7, 11) is 0. The fraction of sp³-hybridized carbons (Fsp3) is 0.526. The van der Waals surface area contributed by atoms with Gasteiger partial charge in [0.25, 0.3) is 0 Å². The third kappa shape index (κ3) is 2.81. The summed E-state index contributed by atoms with van der Waals surface area (Å²) in [6, 6.07) is 4.07. The maximum Gasteiger partial charge on any atom is 0.335 e. The van der Waals surface area contributed by atoms with Crippen LogP contribution in [0.5, 0.6) is 0 Å². The van der Waals surface area contributed by atoms with Gasteiger partial charge in [-0.05, 0) is 56.7 Å². The summed E-state index contributed by atoms with van der Waals surface area (Å²) in [6.45, 7) is 3.80. The normalized spacial score (nSPS) is 18.4. The molecule has 1 atom stereocenters. The molecule has 0 radical (unpaired) electrons. The summed E-state index contributed by atoms with van der Waals surface area (Å²) in [6.07, 6.45) is 4.18. The Morgan fingerprint density at radius 2 is 1.88 bits per heavy atom. The van der Waals surface area contributed by atoms with Crippen LogP contribution in [-0.4, -0.2) is 44.1 Å². The van der Waals surface area contributed by atoms with Gasteiger partial charge >= 0.3 is 11.7 Å². The lowest BCUT2D eigenvalue weighted by Gasteiger charge is -2.21. The first-order chi connectivity index (χ1) is 12.5. The van der Waals surface area contributed by atoms with Crippen molar-refractivity contribution in [2.45, 2.75) is 45.2 Å². The van der Waals surface area contributed by atoms with E-state index in [9.17, 15) is 19.5 Å². The number of carbonyl (C=O) groups excluding carboxylic acids is 1. The SMILES string of the molecule is CC(C(=O)N1CCCC1)n1c(=O)n(CC2CC2)c2ccc(C(=O)O)cc21. The number of carbonyl (C=O) groups is 2. The molecule has 4 rings (SSSR count). The van der Waals surface area contributed by atoms with Crippen molar-refractivity contribution in [1.82, 2.24) is 14.0 Å². The van der Waals surface area contributed by atoms with E-state index in [0.717, 1.165) is 38.8 Å². The first-order valence-corrected chi connectivity index (χ1v) is 9.24. The van der Waals surface area contributed by atoms with Crippen LogP contribution in [-0.2, 0) is 11.3 Å². The van der Waals surface area contributed by atoms with Gasteiger partial charge in [-0.3, -0.25) is 13.9 Å². The zero-order chi connectivity index (χ0) is 18.4. The highest BCUT2D eigenvalue weighted by Crippen LogP contribution is 2.32. The van der Waals surface area contributed by atoms with Gasteiger partial charge in [0, 0.05) is 19.6 Å². The van der Waals surface area contributed by atoms with E-state index in [1.165, 1.54) is 16.7 Å². The summed E-state index contributed by atoms with van der Waals surface area (Å²) in [5, 5.41) is 9.32. The highest BCUT2D eigenvalue weighted by molar-refractivity contribution is 5.93. The number of likely N-dealkylation sites (tertiary alicyclic amines) is 1. The lowest BCUT2D eigenvalue weighted by molar-refractivity contribution is -0.133. The molecule has 7 heteroatoms. The maximum atomic E-state index is 13.1. The monoisotopic (exact) mass is 357 g/mol. The molecule has 138 valence electrons. The van der Waals surface area contributed by atoms with E-state index in [2.05, 4.69) is 0 Å². The van der Waals surface area contributed by atoms with Gasteiger partial charge in [0.05, 0.1) is 16.6 Å². The molecule has 2 aliphatic rings. The van der Waals surface area contributed by atoms with E-state index >= 15 is 0 Å². The first-order valence-electron chi connectivity index (χ1n) is 9.24. The minimum Gasteiger partial charge on any atom is -0.478 e. The van der Waals surface area contributed by atoms with Crippen LogP contribution in [0.3, 0.4) is 0 Å². The van der Waals surface area contributed by atoms with Crippen LogP contribution in [0, 0.1) is 5.92 Å². The van der Waals surface area contributed by atoms with Gasteiger partial charge in [-0.25, -0.2) is 9.59 Å². The molecule has 2 aromatic rings. The van der Waals surface area contributed by atoms with Crippen molar-refractivity contribution in [2.24, 2.45) is 5.92 Å². The summed E-state index contributed by atoms with van der Waals surface area (Å²) in [4.78, 5) is 39.1. The summed E-state index contributed by atoms with van der Waals surface area (Å²) >= 11 is 0. The van der Waals surface area contributed by atoms with E-state index in [4.69, 9.17) is 0 Å². The molecule has 1 amide bonds. The average Bonchev–Trinajstić information content (AvgIpc) is 3.19. The van der Waals surface area contributed by atoms with Gasteiger partial charge in [-0.15, -0.1) is 0 Å². The molecule has 2 fully saturated rings. The van der Waals surface area contributed by atoms with Crippen LogP contribution in [0.2, 0.25) is 0 Å². The van der Waals surface area contributed by atoms with Crippen LogP contribution >= 0.6 is 0 Å². The predicted octanol–water partition coefficient (Wildman–Crippen LogP) is 2.09. The second kappa shape index (κ2) is 6.30. The number of hydrogen-bond acceptors (Lipinski definition) is 3. The van der Waals surface area contributed by atoms with Crippen molar-refractivity contribution >= 4 is 22.9 Å². The number of carboxylic acid groups (broad SMARTS) is 1. The van der Waals surface area contributed by atoms with Crippen molar-refractivity contribution in [2.75, 3.05) is 13.1 Å². The number of rotatable bonds is 5. The Kier molecular flexibility index (Phi) is 4.09. The van der Waals surface area contributed by atoms with Gasteiger partial charge in [-0.2, -0.15) is 0 Å². The van der Waals surface area contributed by atoms with E-state index in [0.29, 0.717) is 23.5 Å². The van der Waals surface area contributed by atoms with Crippen molar-refractivity contribution < 1.29 is 14.7 Å². The van der Waals surface area contributed by atoms with Crippen LogP contribution in [0.4, 0.5) is 0 Å². The molecule has 1 aliphatic carbocycles. The lowest BCUT2D eigenvalue weighted by atomic mass is 10.2. The van der Waals surface area contributed by atoms with Crippen LogP contribution in [0.25, 0.3) is 11.0 Å². The lowest BCUT2D eigenvalue weighted by Crippen LogP contribution is -2.38. The van der Waals surface area contributed by atoms with Crippen molar-refractivity contribution in [3.63, 3.8) is 0 Å². The average molecular weight is 357 g/mol. The zero-order valence-corrected chi connectivity index (χ0v) is 14.9. The molecule has 1 saturated heterocycles. The zero-order valence-electron chi connectivity index (χ0n) is 14.9. The molecule has 1 unspecified atom stereocenters. The third-order valence-electron chi connectivity index (χ3n) is 5.51. The number of fused-ring (bicyclic) bond motifs is 1. The molecule has 0 spiro atoms. The van der Waals surface area contributed by atoms with E-state index in [-0.39, 0.29) is 17.2 Å². The molecular formula is C19H23N3O4. The number of aromatic carboxylic acids is 1. The van der Waals surface area contributed by atoms with Crippen LogP contribution in [0.15, 0.2) is 23.0 Å². The number of carboxylic acids is 1. The number of hydrogen-bond donors (Lipinski definition) is 1. The summed E-state index contributed by atoms with van der Waals surface area (Å²) < 4.78 is 3.18. The van der Waals surface area contributed by atoms with Crippen molar-refractivity contribution in [1.29, 1.82) is 0 Å². The predicted molar refractivity (Wildman–Crippen MR) is 96.4 cm³/mol. The Labute approximate surface area is 150 Å². The van der Waals surface area contributed by atoms with E-state index in [1.807, 2.05) is 0 Å². The molecule has 1 saturated carbocycles. The molecule has 1 aromatic heterocycles. The largest absolute Gasteiger partial charge is 0.478 e. The Bertz CT molecular complexity index is 932. The van der Waals surface area contributed by atoms with Gasteiger partial charge in [-0.1, -0.05) is 0 Å². The summed E-state index contributed by atoms with van der Waals surface area (Å²) in [5.74, 6) is -0.620. The Morgan fingerprint density at radius 3 is 2.50 bits per heavy atom. The van der Waals surface area contributed by atoms with Crippen LogP contribution in [0.1, 0.15) is 49.0 Å². The fourth-order valence-corrected chi connectivity index (χ4v) is 3.84. The number of imidazole rings is 1. The molecule has 7 nitrogen and oxygen atoms in total. The molecule has 1 aliphatic heterocycles. The Hall–Kier alpha value is -2.57. The Balaban J connectivity index is 1.84. The molecule has 1 N–H and O–H groups in total. The molecule has 1 aromatic carbocycles. The van der Waals surface area contributed by atoms with E-state index in [1.54, 1.807) is 22.5 Å². The second-order valence-corrected chi connectivity index (χ2v) is 7.42. The third-order valence-corrected chi connectivity index (χ3v) is 5.51. The van der Waals surface area contributed by atoms with Crippen LogP contribution < -0.4 is 5.69 Å². The minimum atomic E-state index is -1.04. The second-order valence-electron chi connectivity index (χ2n) is 7.42. The number of benzene rings is 1. The van der Waals surface area contributed by atoms with Crippen molar-refractivity contribution in [3.8, 4) is 0 Å². The Morgan fingerprint density at radius 1 is 1.19 bits per heavy atom. The van der Waals surface area contributed by atoms with Gasteiger partial charge in [0.2, 0.25) is 5.91 Å². The standard InChI is InChI=1S/C19H23N3O4/c1-12(17(23)20-8-2-3-9-20)22-16-10-14(18(24)25)6-7-15(16)21(19(22)26)11-13-4-5-13/h6-7,10,12-13H,2-5,8-9,11H2,1H3,(H,24,25). The van der Waals surface area contributed by atoms with E-state index < -0.39 is 12.0 Å². The molecule has 0 bridgehead atoms. The fourth-order valence-electron chi connectivity index (χ4n) is 3.84. The highest BCUT2D eigenvalue weighted by Gasteiger charge is 2.30. The smallest absolute Gasteiger partial charge is 0.335 e. The molecule has 26 heavy (non-hydrogen) atoms. The van der Waals surface area contributed by atoms with Crippen molar-refractivity contribution in [3.05, 3.63) is 34.2 Å². The highest BCUT2D eigenvalue weighted by atomic mass is 16.4. The number of aromatic nitrogens is 2. The number of amides is 1. The van der Waals surface area contributed by atoms with Gasteiger partial charge < -0.3 is 10.0 Å². The topological polar surface area (TPSA) is 84.5 Å². The molecular weight excluding hydrogens is 334 g/mol. The minimum absolute atomic E-state index is 0.0733. The van der Waals surface area contributed by atoms with Gasteiger partial charge in [0.15, 0.2) is 0 Å². The quantitative estimate of drug-likeness (QED) is 0.888. The number of nitrogens with zero attached hydrogens (tertiary/aromatic N) is 3. The first kappa shape index (κ1) is 16.9. The maximum absolute atomic E-state index is 13.1. The molecule has 2 heterocycles.